The quantitative estimate of drug-likeness (QED) is 0.730. The fourth-order valence-electron chi connectivity index (χ4n) is 4.03. The number of carbonyl (C=O) groups is 1. The molecule has 1 saturated heterocycles. The number of aromatic amines is 1. The van der Waals surface area contributed by atoms with Gasteiger partial charge in [0.25, 0.3) is 11.5 Å². The van der Waals surface area contributed by atoms with Gasteiger partial charge in [0.1, 0.15) is 5.65 Å². The molecule has 1 saturated carbocycles. The van der Waals surface area contributed by atoms with Gasteiger partial charge in [0.05, 0.1) is 10.9 Å². The first-order valence-corrected chi connectivity index (χ1v) is 10.2. The van der Waals surface area contributed by atoms with Crippen LogP contribution in [0.3, 0.4) is 0 Å². The Hall–Kier alpha value is -2.48. The molecular weight excluding hydrogens is 358 g/mol. The summed E-state index contributed by atoms with van der Waals surface area (Å²) in [7, 11) is 0. The molecular formula is C20H27N5O3. The second-order valence-corrected chi connectivity index (χ2v) is 8.11. The molecule has 28 heavy (non-hydrogen) atoms. The van der Waals surface area contributed by atoms with E-state index in [0.29, 0.717) is 17.8 Å². The molecule has 0 radical (unpaired) electrons. The van der Waals surface area contributed by atoms with E-state index < -0.39 is 11.2 Å². The van der Waals surface area contributed by atoms with Gasteiger partial charge in [-0.3, -0.25) is 19.1 Å². The van der Waals surface area contributed by atoms with Crippen molar-refractivity contribution in [1.82, 2.24) is 24.8 Å². The van der Waals surface area contributed by atoms with E-state index in [0.717, 1.165) is 44.8 Å². The first-order chi connectivity index (χ1) is 13.5. The van der Waals surface area contributed by atoms with Gasteiger partial charge in [0, 0.05) is 25.3 Å². The lowest BCUT2D eigenvalue weighted by atomic mass is 10.0. The Morgan fingerprint density at radius 1 is 1.32 bits per heavy atom. The molecule has 1 amide bonds. The smallest absolute Gasteiger partial charge is 0.330 e. The summed E-state index contributed by atoms with van der Waals surface area (Å²) in [5.41, 5.74) is -0.243. The molecule has 2 N–H and O–H groups in total. The molecule has 2 aliphatic rings. The Bertz CT molecular complexity index is 991. The molecule has 0 bridgehead atoms. The van der Waals surface area contributed by atoms with Crippen LogP contribution in [0.25, 0.3) is 11.0 Å². The van der Waals surface area contributed by atoms with Crippen LogP contribution in [0.2, 0.25) is 0 Å². The van der Waals surface area contributed by atoms with E-state index in [9.17, 15) is 14.4 Å². The number of hydrogen-bond acceptors (Lipinski definition) is 5. The van der Waals surface area contributed by atoms with E-state index in [1.165, 1.54) is 29.7 Å². The Morgan fingerprint density at radius 3 is 2.89 bits per heavy atom. The van der Waals surface area contributed by atoms with Crippen LogP contribution >= 0.6 is 0 Å². The Balaban J connectivity index is 1.40. The average Bonchev–Trinajstić information content (AvgIpc) is 3.50. The Morgan fingerprint density at radius 2 is 2.14 bits per heavy atom. The highest BCUT2D eigenvalue weighted by Crippen LogP contribution is 2.34. The summed E-state index contributed by atoms with van der Waals surface area (Å²) in [6, 6.07) is 1.62. The lowest BCUT2D eigenvalue weighted by Crippen LogP contribution is -2.36. The largest absolute Gasteiger partial charge is 0.352 e. The first-order valence-electron chi connectivity index (χ1n) is 10.2. The molecule has 2 fully saturated rings. The number of piperidine rings is 1. The molecule has 8 heteroatoms. The number of amides is 1. The summed E-state index contributed by atoms with van der Waals surface area (Å²) < 4.78 is 1.53. The van der Waals surface area contributed by atoms with Crippen molar-refractivity contribution in [1.29, 1.82) is 0 Å². The van der Waals surface area contributed by atoms with Crippen molar-refractivity contribution in [3.8, 4) is 0 Å². The molecule has 2 aromatic rings. The van der Waals surface area contributed by atoms with E-state index in [-0.39, 0.29) is 17.3 Å². The SMILES string of the molecule is CC1CCCN(CCCNC(=O)c2cnc3c(c2)c(=O)[nH]c(=O)n3C2CC2)C1. The van der Waals surface area contributed by atoms with Gasteiger partial charge >= 0.3 is 5.69 Å². The molecule has 2 aromatic heterocycles. The normalized spacial score (nSPS) is 20.4. The van der Waals surface area contributed by atoms with Crippen molar-refractivity contribution in [3.63, 3.8) is 0 Å². The molecule has 1 atom stereocenters. The van der Waals surface area contributed by atoms with Crippen molar-refractivity contribution in [2.45, 2.75) is 45.1 Å². The number of H-pyrrole nitrogens is 1. The summed E-state index contributed by atoms with van der Waals surface area (Å²) in [6.45, 7) is 6.12. The fraction of sp³-hybridized carbons (Fsp3) is 0.600. The highest BCUT2D eigenvalue weighted by atomic mass is 16.2. The predicted molar refractivity (Wildman–Crippen MR) is 107 cm³/mol. The van der Waals surface area contributed by atoms with Crippen LogP contribution in [0.5, 0.6) is 0 Å². The van der Waals surface area contributed by atoms with Crippen LogP contribution in [0.15, 0.2) is 21.9 Å². The number of likely N-dealkylation sites (tertiary alicyclic amines) is 1. The topological polar surface area (TPSA) is 100 Å². The minimum absolute atomic E-state index is 0.0940. The standard InChI is InChI=1S/C20H27N5O3/c1-13-4-2-8-24(12-13)9-3-7-21-18(26)14-10-16-17(22-11-14)25(15-5-6-15)20(28)23-19(16)27/h10-11,13,15H,2-9,12H2,1H3,(H,21,26)(H,23,27,28). The van der Waals surface area contributed by atoms with Gasteiger partial charge in [-0.05, 0) is 57.2 Å². The number of pyridine rings is 1. The van der Waals surface area contributed by atoms with E-state index in [2.05, 4.69) is 27.1 Å². The van der Waals surface area contributed by atoms with Gasteiger partial charge in [-0.1, -0.05) is 6.92 Å². The van der Waals surface area contributed by atoms with Crippen LogP contribution in [-0.2, 0) is 0 Å². The molecule has 4 rings (SSSR count). The zero-order valence-corrected chi connectivity index (χ0v) is 16.2. The van der Waals surface area contributed by atoms with Crippen LogP contribution in [0.4, 0.5) is 0 Å². The number of nitrogens with zero attached hydrogens (tertiary/aromatic N) is 3. The van der Waals surface area contributed by atoms with Crippen molar-refractivity contribution in [3.05, 3.63) is 38.7 Å². The van der Waals surface area contributed by atoms with E-state index in [1.54, 1.807) is 0 Å². The van der Waals surface area contributed by atoms with Gasteiger partial charge < -0.3 is 10.2 Å². The number of carbonyl (C=O) groups excluding carboxylic acids is 1. The highest BCUT2D eigenvalue weighted by molar-refractivity contribution is 5.96. The average molecular weight is 385 g/mol. The molecule has 1 unspecified atom stereocenters. The van der Waals surface area contributed by atoms with Crippen molar-refractivity contribution in [2.75, 3.05) is 26.2 Å². The van der Waals surface area contributed by atoms with Gasteiger partial charge in [-0.15, -0.1) is 0 Å². The molecule has 1 aliphatic heterocycles. The first kappa shape index (κ1) is 18.9. The second-order valence-electron chi connectivity index (χ2n) is 8.11. The van der Waals surface area contributed by atoms with E-state index in [1.807, 2.05) is 0 Å². The molecule has 3 heterocycles. The maximum absolute atomic E-state index is 12.5. The number of nitrogens with one attached hydrogen (secondary N) is 2. The summed E-state index contributed by atoms with van der Waals surface area (Å²) >= 11 is 0. The van der Waals surface area contributed by atoms with E-state index in [4.69, 9.17) is 0 Å². The molecule has 150 valence electrons. The number of rotatable bonds is 6. The summed E-state index contributed by atoms with van der Waals surface area (Å²) in [6.07, 6.45) is 6.69. The summed E-state index contributed by atoms with van der Waals surface area (Å²) in [5, 5.41) is 3.19. The maximum atomic E-state index is 12.5. The summed E-state index contributed by atoms with van der Waals surface area (Å²) in [5.74, 6) is 0.503. The third-order valence-electron chi connectivity index (χ3n) is 5.63. The third kappa shape index (κ3) is 4.01. The predicted octanol–water partition coefficient (Wildman–Crippen LogP) is 1.27. The second kappa shape index (κ2) is 7.87. The lowest BCUT2D eigenvalue weighted by Gasteiger charge is -2.30. The van der Waals surface area contributed by atoms with Gasteiger partial charge in [0.2, 0.25) is 0 Å². The van der Waals surface area contributed by atoms with E-state index >= 15 is 0 Å². The monoisotopic (exact) mass is 385 g/mol. The van der Waals surface area contributed by atoms with Crippen LogP contribution in [-0.4, -0.2) is 51.5 Å². The van der Waals surface area contributed by atoms with Gasteiger partial charge in [-0.2, -0.15) is 0 Å². The summed E-state index contributed by atoms with van der Waals surface area (Å²) in [4.78, 5) is 45.8. The zero-order valence-electron chi connectivity index (χ0n) is 16.2. The molecule has 1 aliphatic carbocycles. The third-order valence-corrected chi connectivity index (χ3v) is 5.63. The van der Waals surface area contributed by atoms with Gasteiger partial charge in [0.15, 0.2) is 0 Å². The Kier molecular flexibility index (Phi) is 5.30. The molecule has 0 spiro atoms. The van der Waals surface area contributed by atoms with Crippen LogP contribution < -0.4 is 16.6 Å². The fourth-order valence-corrected chi connectivity index (χ4v) is 4.03. The van der Waals surface area contributed by atoms with Crippen LogP contribution in [0.1, 0.15) is 55.4 Å². The van der Waals surface area contributed by atoms with Crippen molar-refractivity contribution < 1.29 is 4.79 Å². The van der Waals surface area contributed by atoms with Crippen LogP contribution in [0, 0.1) is 5.92 Å². The van der Waals surface area contributed by atoms with Crippen molar-refractivity contribution in [2.24, 2.45) is 5.92 Å². The number of aromatic nitrogens is 3. The minimum Gasteiger partial charge on any atom is -0.352 e. The number of hydrogen-bond donors (Lipinski definition) is 2. The minimum atomic E-state index is -0.502. The van der Waals surface area contributed by atoms with Gasteiger partial charge in [-0.25, -0.2) is 9.78 Å². The highest BCUT2D eigenvalue weighted by Gasteiger charge is 2.27. The Labute approximate surface area is 163 Å². The number of fused-ring (bicyclic) bond motifs is 1. The maximum Gasteiger partial charge on any atom is 0.330 e. The zero-order chi connectivity index (χ0) is 19.7. The van der Waals surface area contributed by atoms with Crippen molar-refractivity contribution >= 4 is 16.9 Å². The molecule has 8 nitrogen and oxygen atoms in total. The molecule has 0 aromatic carbocycles. The lowest BCUT2D eigenvalue weighted by molar-refractivity contribution is 0.0950.